The Labute approximate surface area is 177 Å². The highest BCUT2D eigenvalue weighted by molar-refractivity contribution is 7.22. The number of rotatable bonds is 5. The average molecular weight is 424 g/mol. The first-order valence-electron chi connectivity index (χ1n) is 8.98. The van der Waals surface area contributed by atoms with Crippen molar-refractivity contribution in [3.8, 4) is 5.75 Å². The number of carbonyl (C=O) groups excluding carboxylic acids is 1. The molecule has 0 saturated heterocycles. The molecule has 0 radical (unpaired) electrons. The van der Waals surface area contributed by atoms with Crippen molar-refractivity contribution in [2.75, 3.05) is 12.0 Å². The van der Waals surface area contributed by atoms with Crippen molar-refractivity contribution in [2.45, 2.75) is 13.5 Å². The molecule has 1 amide bonds. The van der Waals surface area contributed by atoms with E-state index < -0.39 is 0 Å². The Hall–Kier alpha value is -2.96. The van der Waals surface area contributed by atoms with Crippen LogP contribution < -0.4 is 9.64 Å². The zero-order chi connectivity index (χ0) is 20.4. The van der Waals surface area contributed by atoms with Gasteiger partial charge in [0.05, 0.1) is 28.9 Å². The van der Waals surface area contributed by atoms with Crippen LogP contribution in [-0.2, 0) is 6.54 Å². The van der Waals surface area contributed by atoms with Gasteiger partial charge in [0.15, 0.2) is 5.13 Å². The molecule has 0 atom stereocenters. The summed E-state index contributed by atoms with van der Waals surface area (Å²) in [5.74, 6) is 0.467. The van der Waals surface area contributed by atoms with Gasteiger partial charge in [-0.3, -0.25) is 14.7 Å². The number of hydrogen-bond donors (Lipinski definition) is 0. The predicted molar refractivity (Wildman–Crippen MR) is 117 cm³/mol. The minimum Gasteiger partial charge on any atom is -0.494 e. The van der Waals surface area contributed by atoms with E-state index in [1.165, 1.54) is 11.3 Å². The fourth-order valence-electron chi connectivity index (χ4n) is 3.06. The quantitative estimate of drug-likeness (QED) is 0.424. The number of benzene rings is 2. The van der Waals surface area contributed by atoms with Gasteiger partial charge in [0.2, 0.25) is 0 Å². The van der Waals surface area contributed by atoms with Crippen LogP contribution in [0.15, 0.2) is 60.9 Å². The number of nitrogens with zero attached hydrogens (tertiary/aromatic N) is 3. The molecule has 146 valence electrons. The topological polar surface area (TPSA) is 55.3 Å². The van der Waals surface area contributed by atoms with Crippen LogP contribution in [0.5, 0.6) is 5.75 Å². The number of pyridine rings is 1. The smallest absolute Gasteiger partial charge is 0.261 e. The normalized spacial score (nSPS) is 10.9. The minimum absolute atomic E-state index is 0.213. The maximum atomic E-state index is 13.4. The highest BCUT2D eigenvalue weighted by atomic mass is 35.5. The molecule has 5 nitrogen and oxygen atoms in total. The number of methoxy groups -OCH3 is 1. The van der Waals surface area contributed by atoms with Gasteiger partial charge in [0.1, 0.15) is 11.3 Å². The van der Waals surface area contributed by atoms with Gasteiger partial charge in [0.25, 0.3) is 5.91 Å². The molecule has 4 rings (SSSR count). The van der Waals surface area contributed by atoms with E-state index in [0.29, 0.717) is 28.0 Å². The van der Waals surface area contributed by atoms with Gasteiger partial charge in [-0.25, -0.2) is 4.98 Å². The molecule has 4 aromatic rings. The van der Waals surface area contributed by atoms with Crippen LogP contribution in [0, 0.1) is 6.92 Å². The van der Waals surface area contributed by atoms with E-state index in [2.05, 4.69) is 4.98 Å². The second-order valence-corrected chi connectivity index (χ2v) is 7.88. The first-order chi connectivity index (χ1) is 14.1. The fourth-order valence-corrected chi connectivity index (χ4v) is 4.32. The van der Waals surface area contributed by atoms with E-state index in [-0.39, 0.29) is 5.91 Å². The number of aromatic nitrogens is 2. The van der Waals surface area contributed by atoms with Gasteiger partial charge in [-0.1, -0.05) is 47.2 Å². The molecule has 7 heteroatoms. The van der Waals surface area contributed by atoms with E-state index >= 15 is 0 Å². The third kappa shape index (κ3) is 3.81. The SMILES string of the molecule is COc1ccc(C)c2sc(N(Cc3cccnc3)C(=O)c3ccccc3Cl)nc12. The lowest BCUT2D eigenvalue weighted by atomic mass is 10.2. The van der Waals surface area contributed by atoms with Gasteiger partial charge < -0.3 is 4.74 Å². The molecule has 0 N–H and O–H groups in total. The number of thiazole rings is 1. The highest BCUT2D eigenvalue weighted by Crippen LogP contribution is 2.37. The van der Waals surface area contributed by atoms with Gasteiger partial charge >= 0.3 is 0 Å². The summed E-state index contributed by atoms with van der Waals surface area (Å²) < 4.78 is 6.46. The van der Waals surface area contributed by atoms with Crippen molar-refractivity contribution in [2.24, 2.45) is 0 Å². The largest absolute Gasteiger partial charge is 0.494 e. The molecule has 0 bridgehead atoms. The summed E-state index contributed by atoms with van der Waals surface area (Å²) in [7, 11) is 1.62. The Morgan fingerprint density at radius 3 is 2.72 bits per heavy atom. The van der Waals surface area contributed by atoms with E-state index in [1.54, 1.807) is 48.7 Å². The third-order valence-electron chi connectivity index (χ3n) is 4.56. The van der Waals surface area contributed by atoms with Crippen LogP contribution in [0.4, 0.5) is 5.13 Å². The van der Waals surface area contributed by atoms with Crippen LogP contribution in [0.25, 0.3) is 10.2 Å². The minimum atomic E-state index is -0.213. The maximum absolute atomic E-state index is 13.4. The summed E-state index contributed by atoms with van der Waals surface area (Å²) in [6, 6.07) is 14.7. The van der Waals surface area contributed by atoms with Crippen LogP contribution in [0.1, 0.15) is 21.5 Å². The Kier molecular flexibility index (Phi) is 5.47. The number of hydrogen-bond acceptors (Lipinski definition) is 5. The van der Waals surface area contributed by atoms with Crippen molar-refractivity contribution in [3.05, 3.63) is 82.6 Å². The van der Waals surface area contributed by atoms with Crippen LogP contribution in [-0.4, -0.2) is 23.0 Å². The molecule has 0 spiro atoms. The maximum Gasteiger partial charge on any atom is 0.261 e. The second kappa shape index (κ2) is 8.19. The third-order valence-corrected chi connectivity index (χ3v) is 6.10. The van der Waals surface area contributed by atoms with Gasteiger partial charge in [-0.05, 0) is 42.3 Å². The molecule has 0 aliphatic carbocycles. The van der Waals surface area contributed by atoms with Crippen molar-refractivity contribution >= 4 is 44.2 Å². The summed E-state index contributed by atoms with van der Waals surface area (Å²) in [6.07, 6.45) is 3.45. The van der Waals surface area contributed by atoms with E-state index in [9.17, 15) is 4.79 Å². The number of halogens is 1. The number of ether oxygens (including phenoxy) is 1. The molecule has 0 unspecified atom stereocenters. The number of anilines is 1. The molecule has 0 fully saturated rings. The summed E-state index contributed by atoms with van der Waals surface area (Å²) >= 11 is 7.77. The lowest BCUT2D eigenvalue weighted by Gasteiger charge is -2.20. The van der Waals surface area contributed by atoms with E-state index in [4.69, 9.17) is 21.3 Å². The van der Waals surface area contributed by atoms with Crippen molar-refractivity contribution in [1.82, 2.24) is 9.97 Å². The van der Waals surface area contributed by atoms with Crippen LogP contribution in [0.3, 0.4) is 0 Å². The molecule has 2 aromatic carbocycles. The zero-order valence-electron chi connectivity index (χ0n) is 15.9. The van der Waals surface area contributed by atoms with E-state index in [0.717, 1.165) is 21.3 Å². The Balaban J connectivity index is 1.84. The standard InChI is InChI=1S/C22H18ClN3O2S/c1-14-9-10-18(28-2)19-20(14)29-22(25-19)26(13-15-6-5-11-24-12-15)21(27)16-7-3-4-8-17(16)23/h3-12H,13H2,1-2H3. The van der Waals surface area contributed by atoms with Crippen molar-refractivity contribution in [3.63, 3.8) is 0 Å². The summed E-state index contributed by atoms with van der Waals surface area (Å²) in [5, 5.41) is 0.991. The second-order valence-electron chi connectivity index (χ2n) is 6.49. The highest BCUT2D eigenvalue weighted by Gasteiger charge is 2.24. The lowest BCUT2D eigenvalue weighted by molar-refractivity contribution is 0.0985. The molecule has 0 saturated carbocycles. The summed E-state index contributed by atoms with van der Waals surface area (Å²) in [6.45, 7) is 2.35. The first kappa shape index (κ1) is 19.4. The Bertz CT molecular complexity index is 1180. The molecule has 2 heterocycles. The molecule has 2 aromatic heterocycles. The van der Waals surface area contributed by atoms with Crippen molar-refractivity contribution in [1.29, 1.82) is 0 Å². The van der Waals surface area contributed by atoms with Crippen LogP contribution in [0.2, 0.25) is 5.02 Å². The van der Waals surface area contributed by atoms with Crippen LogP contribution >= 0.6 is 22.9 Å². The monoisotopic (exact) mass is 423 g/mol. The Morgan fingerprint density at radius 2 is 2.00 bits per heavy atom. The summed E-state index contributed by atoms with van der Waals surface area (Å²) in [5.41, 5.74) is 3.16. The van der Waals surface area contributed by atoms with Crippen molar-refractivity contribution < 1.29 is 9.53 Å². The number of amides is 1. The average Bonchev–Trinajstić information content (AvgIpc) is 3.19. The molecular weight excluding hydrogens is 406 g/mol. The molecule has 0 aliphatic rings. The molecular formula is C22H18ClN3O2S. The summed E-state index contributed by atoms with van der Waals surface area (Å²) in [4.78, 5) is 24.0. The Morgan fingerprint density at radius 1 is 1.17 bits per heavy atom. The number of fused-ring (bicyclic) bond motifs is 1. The number of carbonyl (C=O) groups is 1. The van der Waals surface area contributed by atoms with Gasteiger partial charge in [0, 0.05) is 12.4 Å². The first-order valence-corrected chi connectivity index (χ1v) is 10.2. The van der Waals surface area contributed by atoms with Gasteiger partial charge in [-0.15, -0.1) is 0 Å². The number of aryl methyl sites for hydroxylation is 1. The lowest BCUT2D eigenvalue weighted by Crippen LogP contribution is -2.30. The van der Waals surface area contributed by atoms with E-state index in [1.807, 2.05) is 31.2 Å². The van der Waals surface area contributed by atoms with Gasteiger partial charge in [-0.2, -0.15) is 0 Å². The predicted octanol–water partition coefficient (Wildman–Crippen LogP) is 5.51. The fraction of sp³-hybridized carbons (Fsp3) is 0.136. The molecule has 29 heavy (non-hydrogen) atoms. The molecule has 0 aliphatic heterocycles. The zero-order valence-corrected chi connectivity index (χ0v) is 17.5.